The zero-order valence-corrected chi connectivity index (χ0v) is 10.6. The Kier molecular flexibility index (Phi) is 4.06. The van der Waals surface area contributed by atoms with Crippen molar-refractivity contribution in [3.8, 4) is 17.6 Å². The van der Waals surface area contributed by atoms with Gasteiger partial charge in [-0.05, 0) is 57.1 Å². The second-order valence-corrected chi connectivity index (χ2v) is 4.49. The third kappa shape index (κ3) is 3.25. The zero-order chi connectivity index (χ0) is 12.1. The van der Waals surface area contributed by atoms with E-state index in [4.69, 9.17) is 4.74 Å². The molecule has 2 nitrogen and oxygen atoms in total. The Morgan fingerprint density at radius 3 is 2.65 bits per heavy atom. The first-order valence-electron chi connectivity index (χ1n) is 6.15. The van der Waals surface area contributed by atoms with Gasteiger partial charge >= 0.3 is 0 Å². The van der Waals surface area contributed by atoms with E-state index in [2.05, 4.69) is 23.8 Å². The van der Waals surface area contributed by atoms with E-state index in [1.54, 1.807) is 7.11 Å². The maximum atomic E-state index is 5.12. The molecule has 2 rings (SSSR count). The molecule has 1 saturated heterocycles. The average molecular weight is 229 g/mol. The first kappa shape index (κ1) is 12.0. The maximum Gasteiger partial charge on any atom is 0.118 e. The minimum absolute atomic E-state index is 0.422. The first-order chi connectivity index (χ1) is 8.29. The molecule has 0 unspecified atom stereocenters. The van der Waals surface area contributed by atoms with Gasteiger partial charge in [-0.15, -0.1) is 0 Å². The Bertz CT molecular complexity index is 413. The number of methoxy groups -OCH3 is 1. The van der Waals surface area contributed by atoms with Gasteiger partial charge in [0.2, 0.25) is 0 Å². The predicted molar refractivity (Wildman–Crippen MR) is 70.1 cm³/mol. The lowest BCUT2D eigenvalue weighted by atomic mass is 10.0. The van der Waals surface area contributed by atoms with Gasteiger partial charge in [0.05, 0.1) is 13.2 Å². The lowest BCUT2D eigenvalue weighted by molar-refractivity contribution is 0.229. The topological polar surface area (TPSA) is 12.5 Å². The number of ether oxygens (including phenoxy) is 1. The van der Waals surface area contributed by atoms with Gasteiger partial charge in [-0.3, -0.25) is 4.90 Å². The highest BCUT2D eigenvalue weighted by Gasteiger charge is 2.15. The van der Waals surface area contributed by atoms with Crippen molar-refractivity contribution in [1.82, 2.24) is 4.90 Å². The molecule has 0 saturated carbocycles. The van der Waals surface area contributed by atoms with Crippen molar-refractivity contribution in [2.24, 2.45) is 0 Å². The molecule has 0 aromatic heterocycles. The minimum Gasteiger partial charge on any atom is -0.497 e. The summed E-state index contributed by atoms with van der Waals surface area (Å²) >= 11 is 0. The molecule has 0 aliphatic carbocycles. The van der Waals surface area contributed by atoms with Crippen LogP contribution in [0.1, 0.15) is 24.8 Å². The Labute approximate surface area is 104 Å². The lowest BCUT2D eigenvalue weighted by Gasteiger charge is -2.28. The van der Waals surface area contributed by atoms with Gasteiger partial charge < -0.3 is 4.74 Å². The molecule has 1 atom stereocenters. The number of nitrogens with zero attached hydrogens (tertiary/aromatic N) is 1. The fraction of sp³-hybridized carbons (Fsp3) is 0.467. The molecule has 1 aliphatic heterocycles. The third-order valence-electron chi connectivity index (χ3n) is 3.24. The van der Waals surface area contributed by atoms with Crippen LogP contribution in [0, 0.1) is 11.8 Å². The Morgan fingerprint density at radius 2 is 2.00 bits per heavy atom. The number of hydrogen-bond donors (Lipinski definition) is 0. The van der Waals surface area contributed by atoms with E-state index >= 15 is 0 Å². The van der Waals surface area contributed by atoms with E-state index in [-0.39, 0.29) is 0 Å². The molecule has 0 spiro atoms. The highest BCUT2D eigenvalue weighted by molar-refractivity contribution is 5.39. The van der Waals surface area contributed by atoms with Crippen molar-refractivity contribution >= 4 is 0 Å². The van der Waals surface area contributed by atoms with Crippen LogP contribution in [0.25, 0.3) is 0 Å². The van der Waals surface area contributed by atoms with E-state index in [1.165, 1.54) is 25.8 Å². The van der Waals surface area contributed by atoms with Gasteiger partial charge in [-0.1, -0.05) is 11.8 Å². The largest absolute Gasteiger partial charge is 0.497 e. The van der Waals surface area contributed by atoms with Gasteiger partial charge in [0.25, 0.3) is 0 Å². The molecule has 90 valence electrons. The zero-order valence-electron chi connectivity index (χ0n) is 10.6. The summed E-state index contributed by atoms with van der Waals surface area (Å²) in [6.07, 6.45) is 3.79. The van der Waals surface area contributed by atoms with Crippen LogP contribution in [0.15, 0.2) is 24.3 Å². The van der Waals surface area contributed by atoms with Crippen molar-refractivity contribution in [3.63, 3.8) is 0 Å². The summed E-state index contributed by atoms with van der Waals surface area (Å²) < 4.78 is 5.12. The summed E-state index contributed by atoms with van der Waals surface area (Å²) in [6.45, 7) is 1.17. The SMILES string of the molecule is COc1ccc(C#C[C@H]2CCCCN2C)cc1. The molecular weight excluding hydrogens is 210 g/mol. The number of piperidine rings is 1. The Hall–Kier alpha value is -1.46. The molecule has 0 radical (unpaired) electrons. The van der Waals surface area contributed by atoms with E-state index < -0.39 is 0 Å². The van der Waals surface area contributed by atoms with Crippen molar-refractivity contribution in [2.75, 3.05) is 20.7 Å². The summed E-state index contributed by atoms with van der Waals surface area (Å²) in [5.74, 6) is 7.49. The van der Waals surface area contributed by atoms with Gasteiger partial charge in [-0.25, -0.2) is 0 Å². The number of likely N-dealkylation sites (tertiary alicyclic amines) is 1. The van der Waals surface area contributed by atoms with E-state index in [1.807, 2.05) is 24.3 Å². The summed E-state index contributed by atoms with van der Waals surface area (Å²) in [5, 5.41) is 0. The van der Waals surface area contributed by atoms with Crippen LogP contribution in [0.5, 0.6) is 5.75 Å². The molecule has 1 heterocycles. The molecule has 0 amide bonds. The normalized spacial score (nSPS) is 20.5. The molecule has 0 N–H and O–H groups in total. The number of hydrogen-bond acceptors (Lipinski definition) is 2. The molecule has 1 fully saturated rings. The van der Waals surface area contributed by atoms with Crippen molar-refractivity contribution < 1.29 is 4.74 Å². The summed E-state index contributed by atoms with van der Waals surface area (Å²) in [7, 11) is 3.84. The summed E-state index contributed by atoms with van der Waals surface area (Å²) in [4.78, 5) is 2.35. The smallest absolute Gasteiger partial charge is 0.118 e. The maximum absolute atomic E-state index is 5.12. The lowest BCUT2D eigenvalue weighted by Crippen LogP contribution is -2.34. The van der Waals surface area contributed by atoms with Crippen LogP contribution in [0.3, 0.4) is 0 Å². The molecule has 0 bridgehead atoms. The second-order valence-electron chi connectivity index (χ2n) is 4.49. The number of benzene rings is 1. The quantitative estimate of drug-likeness (QED) is 0.686. The molecule has 1 aliphatic rings. The summed E-state index contributed by atoms with van der Waals surface area (Å²) in [5.41, 5.74) is 1.06. The van der Waals surface area contributed by atoms with Crippen LogP contribution in [0.2, 0.25) is 0 Å². The molecule has 2 heteroatoms. The van der Waals surface area contributed by atoms with Gasteiger partial charge in [-0.2, -0.15) is 0 Å². The fourth-order valence-corrected chi connectivity index (χ4v) is 2.10. The molecule has 1 aromatic rings. The Morgan fingerprint density at radius 1 is 1.24 bits per heavy atom. The van der Waals surface area contributed by atoms with Gasteiger partial charge in [0, 0.05) is 5.56 Å². The highest BCUT2D eigenvalue weighted by atomic mass is 16.5. The third-order valence-corrected chi connectivity index (χ3v) is 3.24. The number of rotatable bonds is 1. The summed E-state index contributed by atoms with van der Waals surface area (Å²) in [6, 6.07) is 8.35. The molecule has 17 heavy (non-hydrogen) atoms. The van der Waals surface area contributed by atoms with Crippen LogP contribution in [-0.2, 0) is 0 Å². The molecule has 1 aromatic carbocycles. The van der Waals surface area contributed by atoms with Crippen molar-refractivity contribution in [1.29, 1.82) is 0 Å². The van der Waals surface area contributed by atoms with Gasteiger partial charge in [0.15, 0.2) is 0 Å². The van der Waals surface area contributed by atoms with E-state index in [0.717, 1.165) is 11.3 Å². The fourth-order valence-electron chi connectivity index (χ4n) is 2.10. The van der Waals surface area contributed by atoms with E-state index in [9.17, 15) is 0 Å². The van der Waals surface area contributed by atoms with Gasteiger partial charge in [0.1, 0.15) is 5.75 Å². The standard InChI is InChI=1S/C15H19NO/c1-16-12-4-3-5-14(16)9-6-13-7-10-15(17-2)11-8-13/h7-8,10-11,14H,3-5,12H2,1-2H3/t14-/m1/s1. The van der Waals surface area contributed by atoms with Crippen molar-refractivity contribution in [3.05, 3.63) is 29.8 Å². The second kappa shape index (κ2) is 5.75. The first-order valence-corrected chi connectivity index (χ1v) is 6.15. The minimum atomic E-state index is 0.422. The van der Waals surface area contributed by atoms with Crippen LogP contribution in [-0.4, -0.2) is 31.6 Å². The van der Waals surface area contributed by atoms with Crippen LogP contribution in [0.4, 0.5) is 0 Å². The van der Waals surface area contributed by atoms with Crippen LogP contribution >= 0.6 is 0 Å². The molecular formula is C15H19NO. The monoisotopic (exact) mass is 229 g/mol. The Balaban J connectivity index is 2.04. The van der Waals surface area contributed by atoms with Crippen LogP contribution < -0.4 is 4.74 Å². The highest BCUT2D eigenvalue weighted by Crippen LogP contribution is 2.14. The van der Waals surface area contributed by atoms with Crippen molar-refractivity contribution in [2.45, 2.75) is 25.3 Å². The van der Waals surface area contributed by atoms with E-state index in [0.29, 0.717) is 6.04 Å². The predicted octanol–water partition coefficient (Wildman–Crippen LogP) is 2.53. The average Bonchev–Trinajstić information content (AvgIpc) is 2.38.